The summed E-state index contributed by atoms with van der Waals surface area (Å²) < 4.78 is 5.15. The molecule has 0 bridgehead atoms. The molecule has 3 aromatic rings. The second-order valence-electron chi connectivity index (χ2n) is 5.48. The molecule has 4 heteroatoms. The lowest BCUT2D eigenvalue weighted by Crippen LogP contribution is -2.08. The van der Waals surface area contributed by atoms with Crippen molar-refractivity contribution in [1.82, 2.24) is 0 Å². The fraction of sp³-hybridized carbons (Fsp3) is 0.143. The average Bonchev–Trinajstić information content (AvgIpc) is 3.01. The molecule has 0 radical (unpaired) electrons. The Labute approximate surface area is 150 Å². The molecule has 1 aromatic heterocycles. The molecule has 0 spiro atoms. The van der Waals surface area contributed by atoms with E-state index >= 15 is 0 Å². The normalized spacial score (nSPS) is 10.4. The van der Waals surface area contributed by atoms with E-state index in [1.54, 1.807) is 6.92 Å². The molecule has 0 N–H and O–H groups in total. The number of thiophene rings is 1. The van der Waals surface area contributed by atoms with Gasteiger partial charge in [0, 0.05) is 10.4 Å². The predicted octanol–water partition coefficient (Wildman–Crippen LogP) is 5.00. The number of hydrogen-bond donors (Lipinski definition) is 0. The summed E-state index contributed by atoms with van der Waals surface area (Å²) in [6.45, 7) is 2.13. The molecule has 0 atom stereocenters. The van der Waals surface area contributed by atoms with Crippen LogP contribution in [0.5, 0.6) is 0 Å². The van der Waals surface area contributed by atoms with Crippen LogP contribution in [0.2, 0.25) is 0 Å². The Morgan fingerprint density at radius 2 is 1.60 bits per heavy atom. The van der Waals surface area contributed by atoms with Gasteiger partial charge < -0.3 is 4.74 Å². The first-order chi connectivity index (χ1) is 12.2. The second kappa shape index (κ2) is 7.90. The Hall–Kier alpha value is -2.72. The van der Waals surface area contributed by atoms with E-state index in [-0.39, 0.29) is 12.4 Å². The molecule has 0 fully saturated rings. The first-order valence-electron chi connectivity index (χ1n) is 8.12. The van der Waals surface area contributed by atoms with Crippen molar-refractivity contribution in [1.29, 1.82) is 0 Å². The Bertz CT molecular complexity index is 867. The molecule has 2 aromatic carbocycles. The Morgan fingerprint density at radius 1 is 1.00 bits per heavy atom. The lowest BCUT2D eigenvalue weighted by Gasteiger charge is -2.09. The largest absolute Gasteiger partial charge is 0.466 e. The van der Waals surface area contributed by atoms with Gasteiger partial charge in [0.2, 0.25) is 0 Å². The van der Waals surface area contributed by atoms with Crippen molar-refractivity contribution in [3.8, 4) is 21.6 Å². The molecule has 0 aliphatic heterocycles. The van der Waals surface area contributed by atoms with E-state index in [0.717, 1.165) is 33.4 Å². The summed E-state index contributed by atoms with van der Waals surface area (Å²) in [4.78, 5) is 25.4. The Morgan fingerprint density at radius 3 is 2.16 bits per heavy atom. The van der Waals surface area contributed by atoms with Crippen LogP contribution < -0.4 is 0 Å². The summed E-state index contributed by atoms with van der Waals surface area (Å²) in [5.74, 6) is -0.285. The van der Waals surface area contributed by atoms with Gasteiger partial charge in [0.05, 0.1) is 17.9 Å². The van der Waals surface area contributed by atoms with Crippen LogP contribution >= 0.6 is 11.3 Å². The van der Waals surface area contributed by atoms with Crippen LogP contribution in [-0.2, 0) is 16.0 Å². The van der Waals surface area contributed by atoms with Crippen LogP contribution in [0.15, 0.2) is 60.7 Å². The maximum atomic E-state index is 12.2. The minimum atomic E-state index is -0.285. The molecule has 3 nitrogen and oxygen atoms in total. The van der Waals surface area contributed by atoms with Crippen LogP contribution in [0.1, 0.15) is 22.2 Å². The molecule has 0 amide bonds. The van der Waals surface area contributed by atoms with Crippen LogP contribution in [0.4, 0.5) is 0 Å². The van der Waals surface area contributed by atoms with Gasteiger partial charge in [-0.2, -0.15) is 0 Å². The molecule has 25 heavy (non-hydrogen) atoms. The molecule has 0 aliphatic rings. The third-order valence-electron chi connectivity index (χ3n) is 3.87. The van der Waals surface area contributed by atoms with Crippen molar-refractivity contribution >= 4 is 23.6 Å². The van der Waals surface area contributed by atoms with E-state index in [1.165, 1.54) is 11.3 Å². The van der Waals surface area contributed by atoms with Gasteiger partial charge in [-0.25, -0.2) is 0 Å². The fourth-order valence-electron chi connectivity index (χ4n) is 2.84. The molecule has 0 saturated heterocycles. The van der Waals surface area contributed by atoms with Crippen LogP contribution in [0.3, 0.4) is 0 Å². The SMILES string of the molecule is CCOC(=O)Cc1c(-c2ccccc2)sc(C=O)c1-c1ccccc1. The van der Waals surface area contributed by atoms with Gasteiger partial charge in [-0.1, -0.05) is 60.7 Å². The zero-order chi connectivity index (χ0) is 17.6. The van der Waals surface area contributed by atoms with E-state index in [0.29, 0.717) is 11.5 Å². The van der Waals surface area contributed by atoms with Crippen molar-refractivity contribution in [3.63, 3.8) is 0 Å². The minimum Gasteiger partial charge on any atom is -0.466 e. The average molecular weight is 350 g/mol. The van der Waals surface area contributed by atoms with E-state index < -0.39 is 0 Å². The molecule has 126 valence electrons. The van der Waals surface area contributed by atoms with Crippen molar-refractivity contribution in [2.75, 3.05) is 6.61 Å². The number of benzene rings is 2. The number of esters is 1. The van der Waals surface area contributed by atoms with Gasteiger partial charge in [-0.05, 0) is 23.6 Å². The predicted molar refractivity (Wildman–Crippen MR) is 101 cm³/mol. The highest BCUT2D eigenvalue weighted by Gasteiger charge is 2.22. The Kier molecular flexibility index (Phi) is 5.41. The molecule has 1 heterocycles. The van der Waals surface area contributed by atoms with Crippen molar-refractivity contribution in [3.05, 3.63) is 71.1 Å². The highest BCUT2D eigenvalue weighted by Crippen LogP contribution is 2.42. The molecule has 3 rings (SSSR count). The number of hydrogen-bond acceptors (Lipinski definition) is 4. The second-order valence-corrected chi connectivity index (χ2v) is 6.53. The third kappa shape index (κ3) is 3.69. The lowest BCUT2D eigenvalue weighted by molar-refractivity contribution is -0.142. The molecule has 0 unspecified atom stereocenters. The molecule has 0 saturated carbocycles. The number of aldehydes is 1. The van der Waals surface area contributed by atoms with Gasteiger partial charge in [-0.3, -0.25) is 9.59 Å². The summed E-state index contributed by atoms with van der Waals surface area (Å²) in [6, 6.07) is 19.5. The lowest BCUT2D eigenvalue weighted by atomic mass is 9.96. The van der Waals surface area contributed by atoms with Gasteiger partial charge in [0.25, 0.3) is 0 Å². The first kappa shape index (κ1) is 17.1. The fourth-order valence-corrected chi connectivity index (χ4v) is 4.00. The van der Waals surface area contributed by atoms with Gasteiger partial charge in [-0.15, -0.1) is 11.3 Å². The number of carbonyl (C=O) groups excluding carboxylic acids is 2. The van der Waals surface area contributed by atoms with E-state index in [4.69, 9.17) is 4.74 Å². The maximum Gasteiger partial charge on any atom is 0.310 e. The third-order valence-corrected chi connectivity index (χ3v) is 5.07. The van der Waals surface area contributed by atoms with Crippen LogP contribution in [0.25, 0.3) is 21.6 Å². The van der Waals surface area contributed by atoms with Crippen LogP contribution in [0, 0.1) is 0 Å². The maximum absolute atomic E-state index is 12.2. The monoisotopic (exact) mass is 350 g/mol. The number of ether oxygens (including phenoxy) is 1. The summed E-state index contributed by atoms with van der Waals surface area (Å²) in [7, 11) is 0. The van der Waals surface area contributed by atoms with Crippen molar-refractivity contribution < 1.29 is 14.3 Å². The van der Waals surface area contributed by atoms with Gasteiger partial charge >= 0.3 is 5.97 Å². The highest BCUT2D eigenvalue weighted by molar-refractivity contribution is 7.17. The zero-order valence-electron chi connectivity index (χ0n) is 13.9. The van der Waals surface area contributed by atoms with Crippen molar-refractivity contribution in [2.24, 2.45) is 0 Å². The van der Waals surface area contributed by atoms with Crippen LogP contribution in [-0.4, -0.2) is 18.9 Å². The highest BCUT2D eigenvalue weighted by atomic mass is 32.1. The van der Waals surface area contributed by atoms with E-state index in [1.807, 2.05) is 60.7 Å². The standard InChI is InChI=1S/C21H18O3S/c1-2-24-19(23)13-17-20(15-9-5-3-6-10-15)18(14-22)25-21(17)16-11-7-4-8-12-16/h3-12,14H,2,13H2,1H3. The minimum absolute atomic E-state index is 0.145. The summed E-state index contributed by atoms with van der Waals surface area (Å²) in [5, 5.41) is 0. The molecular formula is C21H18O3S. The quantitative estimate of drug-likeness (QED) is 0.464. The number of rotatable bonds is 6. The smallest absolute Gasteiger partial charge is 0.310 e. The first-order valence-corrected chi connectivity index (χ1v) is 8.93. The van der Waals surface area contributed by atoms with E-state index in [2.05, 4.69) is 0 Å². The van der Waals surface area contributed by atoms with E-state index in [9.17, 15) is 9.59 Å². The van der Waals surface area contributed by atoms with Crippen molar-refractivity contribution in [2.45, 2.75) is 13.3 Å². The van der Waals surface area contributed by atoms with Gasteiger partial charge in [0.1, 0.15) is 0 Å². The molecular weight excluding hydrogens is 332 g/mol. The summed E-state index contributed by atoms with van der Waals surface area (Å²) in [5.41, 5.74) is 3.61. The molecule has 0 aliphatic carbocycles. The summed E-state index contributed by atoms with van der Waals surface area (Å²) >= 11 is 1.42. The Balaban J connectivity index is 2.20. The number of carbonyl (C=O) groups is 2. The zero-order valence-corrected chi connectivity index (χ0v) is 14.7. The summed E-state index contributed by atoms with van der Waals surface area (Å²) in [6.07, 6.45) is 1.01. The topological polar surface area (TPSA) is 43.4 Å². The van der Waals surface area contributed by atoms with Gasteiger partial charge in [0.15, 0.2) is 6.29 Å².